The fraction of sp³-hybridized carbons (Fsp3) is 0.571. The Morgan fingerprint density at radius 1 is 1.30 bits per heavy atom. The monoisotopic (exact) mass is 298 g/mol. The molecule has 6 heteroatoms. The van der Waals surface area contributed by atoms with E-state index in [-0.39, 0.29) is 11.2 Å². The van der Waals surface area contributed by atoms with Crippen molar-refractivity contribution in [1.29, 1.82) is 0 Å². The third-order valence-electron chi connectivity index (χ3n) is 3.80. The summed E-state index contributed by atoms with van der Waals surface area (Å²) in [7, 11) is -1.63. The molecule has 0 aliphatic heterocycles. The maximum Gasteiger partial charge on any atom is 0.215 e. The van der Waals surface area contributed by atoms with Gasteiger partial charge >= 0.3 is 0 Å². The number of rotatable bonds is 8. The average molecular weight is 298 g/mol. The quantitative estimate of drug-likeness (QED) is 0.713. The topological polar surface area (TPSA) is 81.4 Å². The molecule has 2 rings (SSSR count). The van der Waals surface area contributed by atoms with Crippen LogP contribution in [0.15, 0.2) is 24.3 Å². The van der Waals surface area contributed by atoms with Gasteiger partial charge in [0.05, 0.1) is 5.75 Å². The number of nitrogens with one attached hydrogen (secondary N) is 1. The minimum Gasteiger partial charge on any atom is -0.399 e. The zero-order valence-electron chi connectivity index (χ0n) is 11.8. The SMILES string of the molecule is COCCC1(CNS(=O)(=O)Cc2ccc(N)cc2)CC1. The van der Waals surface area contributed by atoms with Gasteiger partial charge in [-0.25, -0.2) is 13.1 Å². The molecule has 1 aromatic rings. The van der Waals surface area contributed by atoms with Crippen LogP contribution < -0.4 is 10.5 Å². The van der Waals surface area contributed by atoms with Crippen LogP contribution in [0.5, 0.6) is 0 Å². The van der Waals surface area contributed by atoms with Crippen LogP contribution in [-0.2, 0) is 20.5 Å². The lowest BCUT2D eigenvalue weighted by atomic mass is 10.0. The summed E-state index contributed by atoms with van der Waals surface area (Å²) >= 11 is 0. The smallest absolute Gasteiger partial charge is 0.215 e. The van der Waals surface area contributed by atoms with Crippen LogP contribution in [0.2, 0.25) is 0 Å². The van der Waals surface area contributed by atoms with Crippen molar-refractivity contribution < 1.29 is 13.2 Å². The van der Waals surface area contributed by atoms with Gasteiger partial charge in [-0.1, -0.05) is 12.1 Å². The number of hydrogen-bond acceptors (Lipinski definition) is 4. The fourth-order valence-corrected chi connectivity index (χ4v) is 3.42. The number of benzene rings is 1. The van der Waals surface area contributed by atoms with Crippen molar-refractivity contribution >= 4 is 15.7 Å². The molecule has 0 radical (unpaired) electrons. The van der Waals surface area contributed by atoms with E-state index in [1.807, 2.05) is 0 Å². The molecule has 1 aliphatic rings. The number of hydrogen-bond donors (Lipinski definition) is 2. The first-order chi connectivity index (χ1) is 9.45. The molecule has 0 heterocycles. The predicted octanol–water partition coefficient (Wildman–Crippen LogP) is 1.50. The Labute approximate surface area is 120 Å². The number of anilines is 1. The van der Waals surface area contributed by atoms with E-state index in [4.69, 9.17) is 10.5 Å². The second-order valence-electron chi connectivity index (χ2n) is 5.56. The van der Waals surface area contributed by atoms with Crippen molar-refractivity contribution in [3.8, 4) is 0 Å². The first kappa shape index (κ1) is 15.3. The van der Waals surface area contributed by atoms with E-state index in [1.165, 1.54) is 0 Å². The minimum absolute atomic E-state index is 0.00631. The van der Waals surface area contributed by atoms with Crippen LogP contribution in [0, 0.1) is 5.41 Å². The van der Waals surface area contributed by atoms with Crippen LogP contribution in [0.25, 0.3) is 0 Å². The van der Waals surface area contributed by atoms with Gasteiger partial charge in [-0.05, 0) is 42.4 Å². The molecule has 1 fully saturated rings. The summed E-state index contributed by atoms with van der Waals surface area (Å²) in [4.78, 5) is 0. The summed E-state index contributed by atoms with van der Waals surface area (Å²) in [5.41, 5.74) is 7.08. The molecule has 20 heavy (non-hydrogen) atoms. The zero-order chi connectivity index (χ0) is 14.6. The summed E-state index contributed by atoms with van der Waals surface area (Å²) in [6.07, 6.45) is 3.05. The molecular formula is C14H22N2O3S. The maximum atomic E-state index is 12.1. The van der Waals surface area contributed by atoms with Crippen molar-refractivity contribution in [1.82, 2.24) is 4.72 Å². The molecule has 0 bridgehead atoms. The Morgan fingerprint density at radius 3 is 2.50 bits per heavy atom. The number of nitrogen functional groups attached to an aromatic ring is 1. The maximum absolute atomic E-state index is 12.1. The van der Waals surface area contributed by atoms with Gasteiger partial charge in [0.25, 0.3) is 0 Å². The Hall–Kier alpha value is -1.11. The number of nitrogens with two attached hydrogens (primary N) is 1. The van der Waals surface area contributed by atoms with Crippen LogP contribution in [0.1, 0.15) is 24.8 Å². The molecule has 112 valence electrons. The summed E-state index contributed by atoms with van der Waals surface area (Å²) in [5.74, 6) is -0.00631. The van der Waals surface area contributed by atoms with Crippen molar-refractivity contribution in [2.45, 2.75) is 25.0 Å². The highest BCUT2D eigenvalue weighted by Gasteiger charge is 2.42. The molecule has 3 N–H and O–H groups in total. The van der Waals surface area contributed by atoms with Gasteiger partial charge in [-0.3, -0.25) is 0 Å². The first-order valence-corrected chi connectivity index (χ1v) is 8.41. The van der Waals surface area contributed by atoms with Gasteiger partial charge in [0.15, 0.2) is 0 Å². The van der Waals surface area contributed by atoms with E-state index in [2.05, 4.69) is 4.72 Å². The molecule has 0 atom stereocenters. The normalized spacial score (nSPS) is 17.1. The highest BCUT2D eigenvalue weighted by atomic mass is 32.2. The molecule has 0 aromatic heterocycles. The highest BCUT2D eigenvalue weighted by Crippen LogP contribution is 2.48. The van der Waals surface area contributed by atoms with Crippen molar-refractivity contribution in [2.75, 3.05) is 26.0 Å². The lowest BCUT2D eigenvalue weighted by Gasteiger charge is -2.15. The third kappa shape index (κ3) is 4.47. The second kappa shape index (κ2) is 6.11. The van der Waals surface area contributed by atoms with Crippen molar-refractivity contribution in [2.24, 2.45) is 5.41 Å². The zero-order valence-corrected chi connectivity index (χ0v) is 12.6. The summed E-state index contributed by atoms with van der Waals surface area (Å²) < 4.78 is 31.9. The van der Waals surface area contributed by atoms with Crippen LogP contribution >= 0.6 is 0 Å². The van der Waals surface area contributed by atoms with Gasteiger partial charge in [0.1, 0.15) is 0 Å². The van der Waals surface area contributed by atoms with Crippen molar-refractivity contribution in [3.05, 3.63) is 29.8 Å². The van der Waals surface area contributed by atoms with Gasteiger partial charge in [0, 0.05) is 25.9 Å². The molecular weight excluding hydrogens is 276 g/mol. The first-order valence-electron chi connectivity index (χ1n) is 6.75. The standard InChI is InChI=1S/C14H22N2O3S/c1-19-9-8-14(6-7-14)11-16-20(17,18)10-12-2-4-13(15)5-3-12/h2-5,16H,6-11,15H2,1H3. The molecule has 1 aromatic carbocycles. The van der Waals surface area contributed by atoms with Gasteiger partial charge in [-0.15, -0.1) is 0 Å². The third-order valence-corrected chi connectivity index (χ3v) is 5.09. The number of ether oxygens (including phenoxy) is 1. The molecule has 0 amide bonds. The lowest BCUT2D eigenvalue weighted by Crippen LogP contribution is -2.31. The van der Waals surface area contributed by atoms with E-state index < -0.39 is 10.0 Å². The van der Waals surface area contributed by atoms with E-state index in [9.17, 15) is 8.42 Å². The fourth-order valence-electron chi connectivity index (χ4n) is 2.16. The van der Waals surface area contributed by atoms with Crippen LogP contribution in [-0.4, -0.2) is 28.7 Å². The molecule has 0 saturated heterocycles. The average Bonchev–Trinajstić information content (AvgIpc) is 3.18. The van der Waals surface area contributed by atoms with Crippen molar-refractivity contribution in [3.63, 3.8) is 0 Å². The molecule has 0 spiro atoms. The van der Waals surface area contributed by atoms with E-state index in [1.54, 1.807) is 31.4 Å². The molecule has 5 nitrogen and oxygen atoms in total. The van der Waals surface area contributed by atoms with Gasteiger partial charge in [-0.2, -0.15) is 0 Å². The molecule has 1 aliphatic carbocycles. The predicted molar refractivity (Wildman–Crippen MR) is 79.6 cm³/mol. The van der Waals surface area contributed by atoms with Crippen LogP contribution in [0.4, 0.5) is 5.69 Å². The number of methoxy groups -OCH3 is 1. The lowest BCUT2D eigenvalue weighted by molar-refractivity contribution is 0.173. The van der Waals surface area contributed by atoms with E-state index in [0.29, 0.717) is 18.8 Å². The molecule has 0 unspecified atom stereocenters. The van der Waals surface area contributed by atoms with E-state index in [0.717, 1.165) is 24.8 Å². The van der Waals surface area contributed by atoms with Crippen LogP contribution in [0.3, 0.4) is 0 Å². The second-order valence-corrected chi connectivity index (χ2v) is 7.37. The molecule has 1 saturated carbocycles. The van der Waals surface area contributed by atoms with Gasteiger partial charge in [0.2, 0.25) is 10.0 Å². The number of sulfonamides is 1. The largest absolute Gasteiger partial charge is 0.399 e. The van der Waals surface area contributed by atoms with Gasteiger partial charge < -0.3 is 10.5 Å². The summed E-state index contributed by atoms with van der Waals surface area (Å²) in [5, 5.41) is 0. The summed E-state index contributed by atoms with van der Waals surface area (Å²) in [6, 6.07) is 6.91. The van der Waals surface area contributed by atoms with E-state index >= 15 is 0 Å². The minimum atomic E-state index is -3.30. The Bertz CT molecular complexity index is 536. The Kier molecular flexibility index (Phi) is 4.67. The Balaban J connectivity index is 1.86. The highest BCUT2D eigenvalue weighted by molar-refractivity contribution is 7.88. The summed E-state index contributed by atoms with van der Waals surface area (Å²) in [6.45, 7) is 1.19. The Morgan fingerprint density at radius 2 is 1.95 bits per heavy atom.